The molecule has 0 saturated carbocycles. The topological polar surface area (TPSA) is 47.6 Å². The van der Waals surface area contributed by atoms with Crippen molar-refractivity contribution < 1.29 is 14.3 Å². The number of ether oxygens (including phenoxy) is 2. The van der Waals surface area contributed by atoms with Crippen LogP contribution < -0.4 is 10.1 Å². The molecule has 5 heteroatoms. The summed E-state index contributed by atoms with van der Waals surface area (Å²) >= 11 is 0. The number of rotatable bonds is 7. The minimum Gasteiger partial charge on any atom is -0.476 e. The van der Waals surface area contributed by atoms with Crippen molar-refractivity contribution in [2.45, 2.75) is 32.9 Å². The molecule has 0 unspecified atom stereocenters. The van der Waals surface area contributed by atoms with Gasteiger partial charge in [0.05, 0.1) is 6.61 Å². The van der Waals surface area contributed by atoms with E-state index in [1.807, 2.05) is 54.6 Å². The van der Waals surface area contributed by atoms with Gasteiger partial charge >= 0.3 is 5.97 Å². The van der Waals surface area contributed by atoms with Crippen molar-refractivity contribution in [3.63, 3.8) is 0 Å². The molecule has 0 aliphatic carbocycles. The molecule has 0 spiro atoms. The van der Waals surface area contributed by atoms with Gasteiger partial charge in [0.1, 0.15) is 5.75 Å². The second-order valence-electron chi connectivity index (χ2n) is 5.70. The second kappa shape index (κ2) is 9.18. The Hall–Kier alpha value is -2.20. The predicted octanol–water partition coefficient (Wildman–Crippen LogP) is 4.44. The molecule has 0 bridgehead atoms. The zero-order chi connectivity index (χ0) is 16.7. The molecule has 130 valence electrons. The summed E-state index contributed by atoms with van der Waals surface area (Å²) in [6, 6.07) is 17.7. The first-order valence-corrected chi connectivity index (χ1v) is 7.75. The summed E-state index contributed by atoms with van der Waals surface area (Å²) in [5.41, 5.74) is 1.21. The molecule has 0 amide bonds. The Balaban J connectivity index is 0.00000288. The lowest BCUT2D eigenvalue weighted by molar-refractivity contribution is -0.158. The highest BCUT2D eigenvalue weighted by Gasteiger charge is 2.31. The summed E-state index contributed by atoms with van der Waals surface area (Å²) in [4.78, 5) is 11.8. The second-order valence-corrected chi connectivity index (χ2v) is 5.70. The van der Waals surface area contributed by atoms with Gasteiger partial charge in [-0.1, -0.05) is 30.3 Å². The summed E-state index contributed by atoms with van der Waals surface area (Å²) in [7, 11) is 0. The van der Waals surface area contributed by atoms with Crippen molar-refractivity contribution in [2.24, 2.45) is 0 Å². The number of para-hydroxylation sites is 1. The number of esters is 1. The minimum atomic E-state index is -1.00. The number of anilines is 1. The fraction of sp³-hybridized carbons (Fsp3) is 0.316. The van der Waals surface area contributed by atoms with Gasteiger partial charge in [0, 0.05) is 12.2 Å². The first-order valence-electron chi connectivity index (χ1n) is 7.75. The lowest BCUT2D eigenvalue weighted by atomic mass is 10.1. The molecule has 4 nitrogen and oxygen atoms in total. The molecule has 0 fully saturated rings. The molecule has 2 rings (SSSR count). The van der Waals surface area contributed by atoms with Gasteiger partial charge < -0.3 is 14.8 Å². The third kappa shape index (κ3) is 5.78. The lowest BCUT2D eigenvalue weighted by Crippen LogP contribution is -2.39. The first-order chi connectivity index (χ1) is 11.0. The Morgan fingerprint density at radius 2 is 1.67 bits per heavy atom. The maximum absolute atomic E-state index is 11.8. The molecule has 2 aromatic carbocycles. The standard InChI is InChI=1S/C19H23NO3.ClH/c1-4-22-18(21)19(2,3)23-17-12-10-15(11-13-17)14-20-16-8-6-5-7-9-16;/h5-13,20H,4,14H2,1-3H3;1H. The fourth-order valence-electron chi connectivity index (χ4n) is 2.08. The number of nitrogens with one attached hydrogen (secondary N) is 1. The number of carbonyl (C=O) groups is 1. The SMILES string of the molecule is CCOC(=O)C(C)(C)Oc1ccc(CNc2ccccc2)cc1.Cl. The van der Waals surface area contributed by atoms with Crippen LogP contribution in [0.3, 0.4) is 0 Å². The molecule has 0 aromatic heterocycles. The minimum absolute atomic E-state index is 0. The molecule has 0 heterocycles. The number of hydrogen-bond donors (Lipinski definition) is 1. The number of carbonyl (C=O) groups excluding carboxylic acids is 1. The van der Waals surface area contributed by atoms with Crippen molar-refractivity contribution in [1.29, 1.82) is 0 Å². The smallest absolute Gasteiger partial charge is 0.349 e. The Kier molecular flexibility index (Phi) is 7.59. The molecule has 2 aromatic rings. The van der Waals surface area contributed by atoms with Gasteiger partial charge in [-0.3, -0.25) is 0 Å². The average Bonchev–Trinajstić information content (AvgIpc) is 2.55. The van der Waals surface area contributed by atoms with E-state index < -0.39 is 5.60 Å². The summed E-state index contributed by atoms with van der Waals surface area (Å²) < 4.78 is 10.8. The van der Waals surface area contributed by atoms with E-state index in [1.165, 1.54) is 0 Å². The molecular weight excluding hydrogens is 326 g/mol. The third-order valence-electron chi connectivity index (χ3n) is 3.33. The normalized spacial score (nSPS) is 10.5. The maximum atomic E-state index is 11.8. The molecular formula is C19H24ClNO3. The van der Waals surface area contributed by atoms with Crippen molar-refractivity contribution in [3.8, 4) is 5.75 Å². The van der Waals surface area contributed by atoms with E-state index in [1.54, 1.807) is 20.8 Å². The third-order valence-corrected chi connectivity index (χ3v) is 3.33. The summed E-state index contributed by atoms with van der Waals surface area (Å²) in [5, 5.41) is 3.35. The van der Waals surface area contributed by atoms with Crippen molar-refractivity contribution in [2.75, 3.05) is 11.9 Å². The van der Waals surface area contributed by atoms with Crippen LogP contribution in [0.1, 0.15) is 26.3 Å². The fourth-order valence-corrected chi connectivity index (χ4v) is 2.08. The lowest BCUT2D eigenvalue weighted by Gasteiger charge is -2.24. The maximum Gasteiger partial charge on any atom is 0.349 e. The van der Waals surface area contributed by atoms with Gasteiger partial charge in [0.25, 0.3) is 0 Å². The monoisotopic (exact) mass is 349 g/mol. The van der Waals surface area contributed by atoms with E-state index in [0.717, 1.165) is 17.8 Å². The Bertz CT molecular complexity index is 627. The number of hydrogen-bond acceptors (Lipinski definition) is 4. The van der Waals surface area contributed by atoms with Crippen molar-refractivity contribution in [1.82, 2.24) is 0 Å². The van der Waals surface area contributed by atoms with E-state index in [0.29, 0.717) is 12.4 Å². The van der Waals surface area contributed by atoms with E-state index in [4.69, 9.17) is 9.47 Å². The van der Waals surface area contributed by atoms with Gasteiger partial charge in [0.15, 0.2) is 5.60 Å². The van der Waals surface area contributed by atoms with Gasteiger partial charge in [-0.2, -0.15) is 0 Å². The molecule has 0 saturated heterocycles. The van der Waals surface area contributed by atoms with E-state index in [-0.39, 0.29) is 18.4 Å². The molecule has 0 atom stereocenters. The highest BCUT2D eigenvalue weighted by atomic mass is 35.5. The van der Waals surface area contributed by atoms with Crippen molar-refractivity contribution >= 4 is 24.1 Å². The number of benzene rings is 2. The zero-order valence-corrected chi connectivity index (χ0v) is 15.1. The van der Waals surface area contributed by atoms with E-state index in [9.17, 15) is 4.79 Å². The van der Waals surface area contributed by atoms with Crippen LogP contribution >= 0.6 is 12.4 Å². The van der Waals surface area contributed by atoms with Crippen LogP contribution in [0, 0.1) is 0 Å². The van der Waals surface area contributed by atoms with Crippen molar-refractivity contribution in [3.05, 3.63) is 60.2 Å². The van der Waals surface area contributed by atoms with Crippen LogP contribution in [-0.2, 0) is 16.1 Å². The zero-order valence-electron chi connectivity index (χ0n) is 14.2. The average molecular weight is 350 g/mol. The predicted molar refractivity (Wildman–Crippen MR) is 98.8 cm³/mol. The molecule has 1 N–H and O–H groups in total. The number of halogens is 1. The highest BCUT2D eigenvalue weighted by Crippen LogP contribution is 2.20. The van der Waals surface area contributed by atoms with E-state index >= 15 is 0 Å². The van der Waals surface area contributed by atoms with Gasteiger partial charge in [-0.05, 0) is 50.6 Å². The largest absolute Gasteiger partial charge is 0.476 e. The van der Waals surface area contributed by atoms with Crippen LogP contribution in [0.5, 0.6) is 5.75 Å². The summed E-state index contributed by atoms with van der Waals surface area (Å²) in [6.45, 7) is 6.26. The van der Waals surface area contributed by atoms with Gasteiger partial charge in [-0.15, -0.1) is 12.4 Å². The Morgan fingerprint density at radius 1 is 1.04 bits per heavy atom. The van der Waals surface area contributed by atoms with Crippen LogP contribution in [0.15, 0.2) is 54.6 Å². The van der Waals surface area contributed by atoms with Gasteiger partial charge in [-0.25, -0.2) is 4.79 Å². The highest BCUT2D eigenvalue weighted by molar-refractivity contribution is 5.85. The summed E-state index contributed by atoms with van der Waals surface area (Å²) in [5.74, 6) is 0.279. The molecule has 24 heavy (non-hydrogen) atoms. The molecule has 0 aliphatic heterocycles. The molecule has 0 aliphatic rings. The van der Waals surface area contributed by atoms with Crippen LogP contribution in [0.25, 0.3) is 0 Å². The van der Waals surface area contributed by atoms with Crippen LogP contribution in [0.2, 0.25) is 0 Å². The first kappa shape index (κ1) is 19.8. The van der Waals surface area contributed by atoms with Crippen LogP contribution in [0.4, 0.5) is 5.69 Å². The molecule has 0 radical (unpaired) electrons. The Labute approximate surface area is 149 Å². The summed E-state index contributed by atoms with van der Waals surface area (Å²) in [6.07, 6.45) is 0. The Morgan fingerprint density at radius 3 is 2.25 bits per heavy atom. The van der Waals surface area contributed by atoms with Gasteiger partial charge in [0.2, 0.25) is 0 Å². The van der Waals surface area contributed by atoms with Crippen LogP contribution in [-0.4, -0.2) is 18.2 Å². The van der Waals surface area contributed by atoms with E-state index in [2.05, 4.69) is 5.32 Å². The quantitative estimate of drug-likeness (QED) is 0.751.